The van der Waals surface area contributed by atoms with Gasteiger partial charge in [-0.2, -0.15) is 0 Å². The molecule has 0 saturated heterocycles. The smallest absolute Gasteiger partial charge is 0.335 e. The topological polar surface area (TPSA) is 102 Å². The number of fused-ring (bicyclic) bond motifs is 7. The van der Waals surface area contributed by atoms with Crippen molar-refractivity contribution in [3.63, 3.8) is 0 Å². The molecule has 5 aliphatic carbocycles. The average molecular weight is 714 g/mol. The summed E-state index contributed by atoms with van der Waals surface area (Å²) in [5, 5.41) is 26.2. The molecule has 4 saturated carbocycles. The minimum Gasteiger partial charge on any atom is -0.513 e. The van der Waals surface area contributed by atoms with Gasteiger partial charge in [-0.05, 0) is 146 Å². The molecule has 0 aromatic heterocycles. The highest BCUT2D eigenvalue weighted by Gasteiger charge is 2.71. The summed E-state index contributed by atoms with van der Waals surface area (Å²) in [6, 6.07) is 7.51. The summed E-state index contributed by atoms with van der Waals surface area (Å²) in [5.41, 5.74) is 4.09. The SMILES string of the molecule is C=C(O)CCNC(=O)[C@]12CC[C@@H](C(=C)CNCCN(C)C)[C@@H]1[C@H]1CC[C@@H]3[C@@]4(C)CC=C(c5ccc(C(=O)O)cc5)C(C)(C)[C@@H]4CC[C@@]3(C)[C@]1(C)CC2. The summed E-state index contributed by atoms with van der Waals surface area (Å²) in [6.07, 6.45) is 12.6. The standard InChI is InChI=1S/C45H67N3O4/c1-29(28-46-26-27-48(8)9)33-16-22-45(40(52)47-25-19-30(2)49)24-23-43(6)35(38(33)45)14-15-37-42(5)20-17-34(31-10-12-32(13-11-31)39(50)51)41(3,4)36(42)18-21-44(37,43)7/h10-13,17,33,35-38,46,49H,1-2,14-16,18-28H2,3-9H3,(H,47,52)(H,50,51)/t33-,35+,36-,37+,38+,42-,43+,44+,45-/m0/s1. The number of rotatable bonds is 12. The minimum absolute atomic E-state index is 0.0373. The Morgan fingerprint density at radius 3 is 2.23 bits per heavy atom. The second-order valence-electron chi connectivity index (χ2n) is 19.1. The lowest BCUT2D eigenvalue weighted by atomic mass is 9.32. The fourth-order valence-corrected chi connectivity index (χ4v) is 13.5. The molecule has 4 fully saturated rings. The number of hydrogen-bond donors (Lipinski definition) is 4. The van der Waals surface area contributed by atoms with Gasteiger partial charge in [0.25, 0.3) is 0 Å². The molecule has 0 heterocycles. The van der Waals surface area contributed by atoms with Crippen molar-refractivity contribution in [3.05, 3.63) is 66.0 Å². The summed E-state index contributed by atoms with van der Waals surface area (Å²) < 4.78 is 0. The van der Waals surface area contributed by atoms with Crippen LogP contribution in [0.15, 0.2) is 54.8 Å². The Balaban J connectivity index is 1.31. The number of aliphatic hydroxyl groups is 1. The second kappa shape index (κ2) is 14.1. The van der Waals surface area contributed by atoms with Gasteiger partial charge in [-0.15, -0.1) is 0 Å². The molecule has 0 aliphatic heterocycles. The van der Waals surface area contributed by atoms with Crippen molar-refractivity contribution in [1.82, 2.24) is 15.5 Å². The monoisotopic (exact) mass is 714 g/mol. The number of aliphatic hydroxyl groups excluding tert-OH is 1. The molecule has 9 atom stereocenters. The van der Waals surface area contributed by atoms with Gasteiger partial charge >= 0.3 is 5.97 Å². The Hall–Kier alpha value is -2.90. The molecule has 5 aliphatic rings. The maximum atomic E-state index is 14.4. The van der Waals surface area contributed by atoms with E-state index in [0.717, 1.165) is 63.7 Å². The van der Waals surface area contributed by atoms with Gasteiger partial charge < -0.3 is 25.7 Å². The number of likely N-dealkylation sites (N-methyl/N-ethyl adjacent to an activating group) is 1. The fourth-order valence-electron chi connectivity index (χ4n) is 13.5. The van der Waals surface area contributed by atoms with Crippen LogP contribution in [0.25, 0.3) is 5.57 Å². The van der Waals surface area contributed by atoms with E-state index in [2.05, 4.69) is 76.9 Å². The Morgan fingerprint density at radius 1 is 0.865 bits per heavy atom. The number of aromatic carboxylic acids is 1. The van der Waals surface area contributed by atoms with Gasteiger partial charge in [0.05, 0.1) is 16.7 Å². The summed E-state index contributed by atoms with van der Waals surface area (Å²) in [4.78, 5) is 28.2. The van der Waals surface area contributed by atoms with Gasteiger partial charge in [0.1, 0.15) is 0 Å². The van der Waals surface area contributed by atoms with Gasteiger partial charge in [-0.3, -0.25) is 4.79 Å². The zero-order valence-electron chi connectivity index (χ0n) is 33.2. The first kappa shape index (κ1) is 38.8. The lowest BCUT2D eigenvalue weighted by Crippen LogP contribution is -2.66. The van der Waals surface area contributed by atoms with E-state index in [9.17, 15) is 19.8 Å². The first-order valence-electron chi connectivity index (χ1n) is 20.1. The predicted octanol–water partition coefficient (Wildman–Crippen LogP) is 8.75. The van der Waals surface area contributed by atoms with E-state index in [1.165, 1.54) is 30.4 Å². The van der Waals surface area contributed by atoms with Crippen LogP contribution in [0.4, 0.5) is 0 Å². The number of allylic oxidation sites excluding steroid dienone is 2. The Labute approximate surface area is 313 Å². The third-order valence-corrected chi connectivity index (χ3v) is 16.2. The highest BCUT2D eigenvalue weighted by Crippen LogP contribution is 2.77. The minimum atomic E-state index is -0.884. The average Bonchev–Trinajstić information content (AvgIpc) is 3.47. The normalized spacial score (nSPS) is 37.5. The molecule has 7 heteroatoms. The van der Waals surface area contributed by atoms with Crippen LogP contribution >= 0.6 is 0 Å². The molecule has 52 heavy (non-hydrogen) atoms. The zero-order valence-corrected chi connectivity index (χ0v) is 33.2. The highest BCUT2D eigenvalue weighted by molar-refractivity contribution is 5.88. The molecule has 7 nitrogen and oxygen atoms in total. The van der Waals surface area contributed by atoms with Crippen molar-refractivity contribution in [2.75, 3.05) is 40.3 Å². The van der Waals surface area contributed by atoms with Crippen LogP contribution in [-0.2, 0) is 4.79 Å². The largest absolute Gasteiger partial charge is 0.513 e. The van der Waals surface area contributed by atoms with Crippen molar-refractivity contribution in [2.24, 2.45) is 56.7 Å². The molecular weight excluding hydrogens is 647 g/mol. The molecular formula is C45H67N3O4. The molecule has 0 bridgehead atoms. The first-order valence-corrected chi connectivity index (χ1v) is 20.1. The van der Waals surface area contributed by atoms with Crippen LogP contribution < -0.4 is 10.6 Å². The number of hydrogen-bond acceptors (Lipinski definition) is 5. The Morgan fingerprint density at radius 2 is 1.58 bits per heavy atom. The van der Waals surface area contributed by atoms with Crippen LogP contribution in [0, 0.1) is 56.7 Å². The van der Waals surface area contributed by atoms with Crippen LogP contribution in [0.2, 0.25) is 0 Å². The van der Waals surface area contributed by atoms with E-state index >= 15 is 0 Å². The lowest BCUT2D eigenvalue weighted by Gasteiger charge is -2.72. The van der Waals surface area contributed by atoms with Gasteiger partial charge in [-0.1, -0.05) is 71.6 Å². The number of nitrogens with one attached hydrogen (secondary N) is 2. The van der Waals surface area contributed by atoms with E-state index in [1.54, 1.807) is 12.1 Å². The van der Waals surface area contributed by atoms with Crippen molar-refractivity contribution in [2.45, 2.75) is 98.8 Å². The maximum absolute atomic E-state index is 14.4. The third kappa shape index (κ3) is 6.20. The highest BCUT2D eigenvalue weighted by atomic mass is 16.4. The molecule has 0 unspecified atom stereocenters. The number of nitrogens with zero attached hydrogens (tertiary/aromatic N) is 1. The second-order valence-corrected chi connectivity index (χ2v) is 19.1. The molecule has 286 valence electrons. The quantitative estimate of drug-likeness (QED) is 0.0982. The van der Waals surface area contributed by atoms with Crippen molar-refractivity contribution >= 4 is 17.4 Å². The number of benzene rings is 1. The number of carbonyl (C=O) groups is 2. The van der Waals surface area contributed by atoms with Crippen molar-refractivity contribution in [1.29, 1.82) is 0 Å². The van der Waals surface area contributed by atoms with Crippen LogP contribution in [0.5, 0.6) is 0 Å². The van der Waals surface area contributed by atoms with Gasteiger partial charge in [-0.25, -0.2) is 4.79 Å². The van der Waals surface area contributed by atoms with Crippen LogP contribution in [-0.4, -0.2) is 67.3 Å². The lowest BCUT2D eigenvalue weighted by molar-refractivity contribution is -0.225. The number of carboxylic acid groups (broad SMARTS) is 1. The number of carbonyl (C=O) groups excluding carboxylic acids is 1. The van der Waals surface area contributed by atoms with E-state index < -0.39 is 11.4 Å². The summed E-state index contributed by atoms with van der Waals surface area (Å²) in [5.74, 6) is 1.55. The first-order chi connectivity index (χ1) is 24.4. The molecule has 1 amide bonds. The van der Waals surface area contributed by atoms with Crippen molar-refractivity contribution < 1.29 is 19.8 Å². The fraction of sp³-hybridized carbons (Fsp3) is 0.689. The van der Waals surface area contributed by atoms with E-state index in [1.807, 2.05) is 12.1 Å². The maximum Gasteiger partial charge on any atom is 0.335 e. The van der Waals surface area contributed by atoms with Gasteiger partial charge in [0, 0.05) is 32.6 Å². The summed E-state index contributed by atoms with van der Waals surface area (Å²) in [6.45, 7) is 24.2. The molecule has 0 spiro atoms. The molecule has 6 rings (SSSR count). The van der Waals surface area contributed by atoms with E-state index in [4.69, 9.17) is 6.58 Å². The predicted molar refractivity (Wildman–Crippen MR) is 211 cm³/mol. The number of amides is 1. The molecule has 1 aromatic rings. The third-order valence-electron chi connectivity index (χ3n) is 16.2. The van der Waals surface area contributed by atoms with E-state index in [0.29, 0.717) is 42.2 Å². The molecule has 1 aromatic carbocycles. The van der Waals surface area contributed by atoms with E-state index in [-0.39, 0.29) is 39.2 Å². The van der Waals surface area contributed by atoms with Crippen LogP contribution in [0.1, 0.15) is 115 Å². The number of carboxylic acids is 1. The van der Waals surface area contributed by atoms with Gasteiger partial charge in [0.2, 0.25) is 5.91 Å². The van der Waals surface area contributed by atoms with Crippen LogP contribution in [0.3, 0.4) is 0 Å². The summed E-state index contributed by atoms with van der Waals surface area (Å²) >= 11 is 0. The molecule has 0 radical (unpaired) electrons. The Bertz CT molecular complexity index is 1600. The summed E-state index contributed by atoms with van der Waals surface area (Å²) in [7, 11) is 4.21. The van der Waals surface area contributed by atoms with Gasteiger partial charge in [0.15, 0.2) is 0 Å². The zero-order chi connectivity index (χ0) is 37.9. The molecule has 4 N–H and O–H groups in total. The Kier molecular flexibility index (Phi) is 10.5. The van der Waals surface area contributed by atoms with Crippen molar-refractivity contribution in [3.8, 4) is 0 Å².